The maximum atomic E-state index is 13.0. The molecule has 1 aromatic carbocycles. The van der Waals surface area contributed by atoms with Gasteiger partial charge in [-0.15, -0.1) is 0 Å². The summed E-state index contributed by atoms with van der Waals surface area (Å²) >= 11 is 0. The van der Waals surface area contributed by atoms with Crippen molar-refractivity contribution in [1.82, 2.24) is 14.9 Å². The van der Waals surface area contributed by atoms with Gasteiger partial charge in [0.25, 0.3) is 0 Å². The van der Waals surface area contributed by atoms with Crippen molar-refractivity contribution in [3.05, 3.63) is 59.9 Å². The third-order valence-electron chi connectivity index (χ3n) is 6.80. The fourth-order valence-electron chi connectivity index (χ4n) is 5.21. The van der Waals surface area contributed by atoms with E-state index in [4.69, 9.17) is 0 Å². The van der Waals surface area contributed by atoms with Crippen LogP contribution in [0.3, 0.4) is 0 Å². The van der Waals surface area contributed by atoms with E-state index in [-0.39, 0.29) is 0 Å². The summed E-state index contributed by atoms with van der Waals surface area (Å²) in [6.07, 6.45) is -2.19. The second kappa shape index (κ2) is 7.30. The SMILES string of the molecule is Cn1c(CN[C@H]2CC[C@@H]3CN(c4cccc(C(F)(F)F)n4)C[C@@H]32)cc2ccccc21. The number of rotatable bonds is 4. The topological polar surface area (TPSA) is 33.1 Å². The number of aryl methyl sites for hydroxylation is 1. The molecule has 2 fully saturated rings. The molecule has 1 N–H and O–H groups in total. The summed E-state index contributed by atoms with van der Waals surface area (Å²) in [4.78, 5) is 5.91. The summed E-state index contributed by atoms with van der Waals surface area (Å²) in [7, 11) is 2.09. The van der Waals surface area contributed by atoms with Gasteiger partial charge in [0.1, 0.15) is 11.5 Å². The quantitative estimate of drug-likeness (QED) is 0.678. The van der Waals surface area contributed by atoms with Gasteiger partial charge in [-0.3, -0.25) is 0 Å². The van der Waals surface area contributed by atoms with Crippen molar-refractivity contribution in [3.63, 3.8) is 0 Å². The number of fused-ring (bicyclic) bond motifs is 2. The fourth-order valence-corrected chi connectivity index (χ4v) is 5.21. The second-order valence-electron chi connectivity index (χ2n) is 8.53. The minimum absolute atomic E-state index is 0.379. The van der Waals surface area contributed by atoms with Crippen LogP contribution in [0.1, 0.15) is 24.2 Å². The maximum Gasteiger partial charge on any atom is 0.433 e. The highest BCUT2D eigenvalue weighted by molar-refractivity contribution is 5.81. The zero-order chi connectivity index (χ0) is 20.9. The number of aromatic nitrogens is 2. The van der Waals surface area contributed by atoms with Gasteiger partial charge in [-0.25, -0.2) is 4.98 Å². The average Bonchev–Trinajstić information content (AvgIpc) is 3.40. The molecule has 3 aromatic rings. The van der Waals surface area contributed by atoms with E-state index in [1.54, 1.807) is 6.07 Å². The summed E-state index contributed by atoms with van der Waals surface area (Å²) in [5, 5.41) is 4.97. The fraction of sp³-hybridized carbons (Fsp3) is 0.435. The van der Waals surface area contributed by atoms with Crippen molar-refractivity contribution in [3.8, 4) is 0 Å². The van der Waals surface area contributed by atoms with Gasteiger partial charge in [-0.05, 0) is 54.3 Å². The van der Waals surface area contributed by atoms with E-state index in [2.05, 4.69) is 52.2 Å². The number of hydrogen-bond donors (Lipinski definition) is 1. The van der Waals surface area contributed by atoms with Crippen molar-refractivity contribution >= 4 is 16.7 Å². The van der Waals surface area contributed by atoms with E-state index < -0.39 is 11.9 Å². The lowest BCUT2D eigenvalue weighted by atomic mass is 9.98. The van der Waals surface area contributed by atoms with Crippen molar-refractivity contribution in [2.24, 2.45) is 18.9 Å². The second-order valence-corrected chi connectivity index (χ2v) is 8.53. The van der Waals surface area contributed by atoms with Crippen molar-refractivity contribution < 1.29 is 13.2 Å². The molecule has 0 amide bonds. The number of benzene rings is 1. The number of halogens is 3. The van der Waals surface area contributed by atoms with Gasteiger partial charge in [0, 0.05) is 43.9 Å². The van der Waals surface area contributed by atoms with E-state index >= 15 is 0 Å². The molecule has 158 valence electrons. The Labute approximate surface area is 173 Å². The van der Waals surface area contributed by atoms with Crippen molar-refractivity contribution in [2.45, 2.75) is 31.6 Å². The molecule has 0 unspecified atom stereocenters. The monoisotopic (exact) mass is 414 g/mol. The molecule has 3 heterocycles. The number of para-hydroxylation sites is 1. The van der Waals surface area contributed by atoms with Crippen LogP contribution in [-0.4, -0.2) is 28.7 Å². The first-order valence-corrected chi connectivity index (χ1v) is 10.5. The van der Waals surface area contributed by atoms with Gasteiger partial charge >= 0.3 is 6.18 Å². The van der Waals surface area contributed by atoms with Gasteiger partial charge in [0.15, 0.2) is 0 Å². The first-order valence-electron chi connectivity index (χ1n) is 10.5. The van der Waals surface area contributed by atoms with E-state index in [0.29, 0.717) is 23.7 Å². The Bertz CT molecular complexity index is 1060. The molecule has 0 bridgehead atoms. The highest BCUT2D eigenvalue weighted by Crippen LogP contribution is 2.40. The largest absolute Gasteiger partial charge is 0.433 e. The number of alkyl halides is 3. The first-order chi connectivity index (χ1) is 14.4. The highest BCUT2D eigenvalue weighted by Gasteiger charge is 2.43. The van der Waals surface area contributed by atoms with Crippen LogP contribution in [0.5, 0.6) is 0 Å². The molecule has 5 rings (SSSR count). The third-order valence-corrected chi connectivity index (χ3v) is 6.80. The number of anilines is 1. The minimum atomic E-state index is -4.41. The molecule has 1 saturated heterocycles. The Morgan fingerprint density at radius 2 is 1.90 bits per heavy atom. The predicted molar refractivity (Wildman–Crippen MR) is 111 cm³/mol. The molecule has 2 aliphatic rings. The molecular weight excluding hydrogens is 389 g/mol. The molecule has 0 radical (unpaired) electrons. The van der Waals surface area contributed by atoms with Crippen LogP contribution >= 0.6 is 0 Å². The van der Waals surface area contributed by atoms with Crippen LogP contribution in [0.15, 0.2) is 48.5 Å². The number of hydrogen-bond acceptors (Lipinski definition) is 3. The number of nitrogens with zero attached hydrogens (tertiary/aromatic N) is 3. The molecule has 1 aliphatic carbocycles. The Kier molecular flexibility index (Phi) is 4.73. The third kappa shape index (κ3) is 3.45. The molecular formula is C23H25F3N4. The molecule has 0 spiro atoms. The molecule has 4 nitrogen and oxygen atoms in total. The zero-order valence-corrected chi connectivity index (χ0v) is 16.9. The van der Waals surface area contributed by atoms with Crippen LogP contribution in [0.4, 0.5) is 19.0 Å². The van der Waals surface area contributed by atoms with Crippen LogP contribution in [0.2, 0.25) is 0 Å². The van der Waals surface area contributed by atoms with E-state index in [1.807, 2.05) is 4.90 Å². The predicted octanol–water partition coefficient (Wildman–Crippen LogP) is 4.60. The molecule has 1 aliphatic heterocycles. The molecule has 2 aromatic heterocycles. The molecule has 30 heavy (non-hydrogen) atoms. The van der Waals surface area contributed by atoms with Gasteiger partial charge in [-0.1, -0.05) is 24.3 Å². The van der Waals surface area contributed by atoms with Crippen LogP contribution in [-0.2, 0) is 19.8 Å². The van der Waals surface area contributed by atoms with Gasteiger partial charge in [-0.2, -0.15) is 13.2 Å². The standard InChI is InChI=1S/C23H25F3N4/c1-29-17(11-15-5-2-3-6-20(15)29)12-27-19-10-9-16-13-30(14-18(16)19)22-8-4-7-21(28-22)23(24,25)26/h2-8,11,16,18-19,27H,9-10,12-14H2,1H3/t16-,18+,19+/m1/s1. The van der Waals surface area contributed by atoms with Gasteiger partial charge in [0.2, 0.25) is 0 Å². The van der Waals surface area contributed by atoms with Gasteiger partial charge in [0.05, 0.1) is 0 Å². The smallest absolute Gasteiger partial charge is 0.356 e. The summed E-state index contributed by atoms with van der Waals surface area (Å²) < 4.78 is 41.3. The van der Waals surface area contributed by atoms with Crippen LogP contribution in [0, 0.1) is 11.8 Å². The lowest BCUT2D eigenvalue weighted by molar-refractivity contribution is -0.141. The summed E-state index contributed by atoms with van der Waals surface area (Å²) in [5.41, 5.74) is 1.65. The Morgan fingerprint density at radius 1 is 1.07 bits per heavy atom. The lowest BCUT2D eigenvalue weighted by Crippen LogP contribution is -2.36. The molecule has 1 saturated carbocycles. The van der Waals surface area contributed by atoms with Gasteiger partial charge < -0.3 is 14.8 Å². The number of nitrogens with one attached hydrogen (secondary N) is 1. The van der Waals surface area contributed by atoms with E-state index in [1.165, 1.54) is 22.7 Å². The average molecular weight is 414 g/mol. The Balaban J connectivity index is 1.27. The Hall–Kier alpha value is -2.54. The summed E-state index contributed by atoms with van der Waals surface area (Å²) in [6, 6.07) is 15.1. The van der Waals surface area contributed by atoms with Crippen LogP contribution in [0.25, 0.3) is 10.9 Å². The van der Waals surface area contributed by atoms with E-state index in [9.17, 15) is 13.2 Å². The Morgan fingerprint density at radius 3 is 2.70 bits per heavy atom. The normalized spacial score (nSPS) is 24.0. The summed E-state index contributed by atoms with van der Waals surface area (Å²) in [5.74, 6) is 1.38. The number of pyridine rings is 1. The minimum Gasteiger partial charge on any atom is -0.356 e. The van der Waals surface area contributed by atoms with E-state index in [0.717, 1.165) is 38.5 Å². The van der Waals surface area contributed by atoms with Crippen LogP contribution < -0.4 is 10.2 Å². The zero-order valence-electron chi connectivity index (χ0n) is 16.9. The highest BCUT2D eigenvalue weighted by atomic mass is 19.4. The maximum absolute atomic E-state index is 13.0. The molecule has 7 heteroatoms. The lowest BCUT2D eigenvalue weighted by Gasteiger charge is -2.23. The first kappa shape index (κ1) is 19.4. The van der Waals surface area contributed by atoms with Crippen molar-refractivity contribution in [1.29, 1.82) is 0 Å². The summed E-state index contributed by atoms with van der Waals surface area (Å²) in [6.45, 7) is 2.33. The molecule has 3 atom stereocenters. The van der Waals surface area contributed by atoms with Crippen molar-refractivity contribution in [2.75, 3.05) is 18.0 Å².